The summed E-state index contributed by atoms with van der Waals surface area (Å²) >= 11 is 0. The summed E-state index contributed by atoms with van der Waals surface area (Å²) in [6.07, 6.45) is 0.499. The van der Waals surface area contributed by atoms with Gasteiger partial charge in [0, 0.05) is 32.0 Å². The number of likely N-dealkylation sites (tertiary alicyclic amines) is 1. The monoisotopic (exact) mass is 411 g/mol. The maximum atomic E-state index is 12.8. The Kier molecular flexibility index (Phi) is 5.16. The maximum absolute atomic E-state index is 12.8. The van der Waals surface area contributed by atoms with Crippen molar-refractivity contribution in [3.63, 3.8) is 0 Å². The Morgan fingerprint density at radius 3 is 2.39 bits per heavy atom. The van der Waals surface area contributed by atoms with E-state index >= 15 is 0 Å². The van der Waals surface area contributed by atoms with E-state index < -0.39 is 0 Å². The van der Waals surface area contributed by atoms with Crippen LogP contribution in [0.1, 0.15) is 29.3 Å². The minimum atomic E-state index is 0.0851. The van der Waals surface area contributed by atoms with Gasteiger partial charge < -0.3 is 14.2 Å². The van der Waals surface area contributed by atoms with E-state index in [0.717, 1.165) is 28.2 Å². The molecular weight excluding hydrogens is 386 g/mol. The molecule has 1 aromatic heterocycles. The number of fused-ring (bicyclic) bond motifs is 1. The lowest BCUT2D eigenvalue weighted by Gasteiger charge is -2.17. The second kappa shape index (κ2) is 8.26. The van der Waals surface area contributed by atoms with Gasteiger partial charge in [-0.3, -0.25) is 4.79 Å². The molecule has 0 spiro atoms. The SMILES string of the molecule is COc1ccc(Cn2c(C3CC(=O)N(Cc4ccccc4)C3)nc3ccccc32)cc1. The summed E-state index contributed by atoms with van der Waals surface area (Å²) in [4.78, 5) is 19.7. The Hall–Kier alpha value is -3.60. The first-order valence-corrected chi connectivity index (χ1v) is 10.6. The number of benzene rings is 3. The molecule has 1 fully saturated rings. The highest BCUT2D eigenvalue weighted by Crippen LogP contribution is 2.32. The minimum absolute atomic E-state index is 0.0851. The second-order valence-electron chi connectivity index (χ2n) is 8.05. The molecule has 1 saturated heterocycles. The summed E-state index contributed by atoms with van der Waals surface area (Å²) in [6.45, 7) is 2.05. The maximum Gasteiger partial charge on any atom is 0.223 e. The fraction of sp³-hybridized carbons (Fsp3) is 0.231. The molecule has 0 radical (unpaired) electrons. The summed E-state index contributed by atoms with van der Waals surface area (Å²) in [5.41, 5.74) is 4.40. The number of aromatic nitrogens is 2. The molecule has 0 bridgehead atoms. The third-order valence-electron chi connectivity index (χ3n) is 5.98. The average molecular weight is 412 g/mol. The van der Waals surface area contributed by atoms with Crippen molar-refractivity contribution in [2.75, 3.05) is 13.7 Å². The van der Waals surface area contributed by atoms with E-state index in [1.165, 1.54) is 5.56 Å². The van der Waals surface area contributed by atoms with Gasteiger partial charge in [0.15, 0.2) is 0 Å². The third kappa shape index (κ3) is 3.91. The van der Waals surface area contributed by atoms with Crippen LogP contribution in [0.15, 0.2) is 78.9 Å². The summed E-state index contributed by atoms with van der Waals surface area (Å²) in [6, 6.07) is 26.5. The van der Waals surface area contributed by atoms with Crippen LogP contribution in [0.2, 0.25) is 0 Å². The van der Waals surface area contributed by atoms with E-state index in [9.17, 15) is 4.79 Å². The zero-order chi connectivity index (χ0) is 21.2. The second-order valence-corrected chi connectivity index (χ2v) is 8.05. The number of rotatable bonds is 6. The summed E-state index contributed by atoms with van der Waals surface area (Å²) < 4.78 is 7.55. The first-order valence-electron chi connectivity index (χ1n) is 10.6. The Labute approximate surface area is 181 Å². The first kappa shape index (κ1) is 19.4. The normalized spacial score (nSPS) is 16.2. The van der Waals surface area contributed by atoms with Crippen molar-refractivity contribution in [1.82, 2.24) is 14.5 Å². The number of ether oxygens (including phenoxy) is 1. The molecule has 4 aromatic rings. The quantitative estimate of drug-likeness (QED) is 0.466. The van der Waals surface area contributed by atoms with Crippen LogP contribution < -0.4 is 4.74 Å². The Morgan fingerprint density at radius 2 is 1.61 bits per heavy atom. The zero-order valence-corrected chi connectivity index (χ0v) is 17.6. The van der Waals surface area contributed by atoms with Crippen molar-refractivity contribution < 1.29 is 9.53 Å². The van der Waals surface area contributed by atoms with Crippen molar-refractivity contribution in [2.24, 2.45) is 0 Å². The third-order valence-corrected chi connectivity index (χ3v) is 5.98. The van der Waals surface area contributed by atoms with Gasteiger partial charge in [-0.1, -0.05) is 54.6 Å². The number of para-hydroxylation sites is 2. The standard InChI is InChI=1S/C26H25N3O2/c1-31-22-13-11-20(12-14-22)17-29-24-10-6-5-9-23(24)27-26(29)21-15-25(30)28(18-21)16-19-7-3-2-4-8-19/h2-14,21H,15-18H2,1H3. The average Bonchev–Trinajstić information content (AvgIpc) is 3.35. The lowest BCUT2D eigenvalue weighted by atomic mass is 10.1. The van der Waals surface area contributed by atoms with Crippen molar-refractivity contribution >= 4 is 16.9 Å². The van der Waals surface area contributed by atoms with Gasteiger partial charge in [0.2, 0.25) is 5.91 Å². The number of carbonyl (C=O) groups excluding carboxylic acids is 1. The molecule has 1 unspecified atom stereocenters. The number of amides is 1. The largest absolute Gasteiger partial charge is 0.497 e. The molecule has 0 aliphatic carbocycles. The van der Waals surface area contributed by atoms with Gasteiger partial charge >= 0.3 is 0 Å². The van der Waals surface area contributed by atoms with Gasteiger partial charge in [-0.25, -0.2) is 4.98 Å². The molecule has 1 atom stereocenters. The molecule has 5 heteroatoms. The van der Waals surface area contributed by atoms with Crippen LogP contribution in [0, 0.1) is 0 Å². The van der Waals surface area contributed by atoms with Crippen LogP contribution in [0.3, 0.4) is 0 Å². The summed E-state index contributed by atoms with van der Waals surface area (Å²) in [5, 5.41) is 0. The van der Waals surface area contributed by atoms with E-state index in [4.69, 9.17) is 9.72 Å². The van der Waals surface area contributed by atoms with Gasteiger partial charge in [-0.15, -0.1) is 0 Å². The minimum Gasteiger partial charge on any atom is -0.497 e. The lowest BCUT2D eigenvalue weighted by molar-refractivity contribution is -0.128. The zero-order valence-electron chi connectivity index (χ0n) is 17.6. The van der Waals surface area contributed by atoms with E-state index in [1.807, 2.05) is 53.4 Å². The molecule has 1 aliphatic rings. The highest BCUT2D eigenvalue weighted by atomic mass is 16.5. The Bertz CT molecular complexity index is 1200. The highest BCUT2D eigenvalue weighted by molar-refractivity contribution is 5.81. The van der Waals surface area contributed by atoms with E-state index in [0.29, 0.717) is 26.1 Å². The Balaban J connectivity index is 1.45. The van der Waals surface area contributed by atoms with Crippen molar-refractivity contribution in [1.29, 1.82) is 0 Å². The van der Waals surface area contributed by atoms with Crippen molar-refractivity contribution in [3.05, 3.63) is 95.8 Å². The van der Waals surface area contributed by atoms with E-state index in [2.05, 4.69) is 34.9 Å². The lowest BCUT2D eigenvalue weighted by Crippen LogP contribution is -2.24. The van der Waals surface area contributed by atoms with E-state index in [1.54, 1.807) is 7.11 Å². The predicted octanol–water partition coefficient (Wildman–Crippen LogP) is 4.61. The van der Waals surface area contributed by atoms with Crippen LogP contribution in [0.5, 0.6) is 5.75 Å². The first-order chi connectivity index (χ1) is 15.2. The van der Waals surface area contributed by atoms with Crippen LogP contribution in [0.25, 0.3) is 11.0 Å². The van der Waals surface area contributed by atoms with Gasteiger partial charge in [0.1, 0.15) is 11.6 Å². The Morgan fingerprint density at radius 1 is 0.903 bits per heavy atom. The number of carbonyl (C=O) groups is 1. The number of methoxy groups -OCH3 is 1. The topological polar surface area (TPSA) is 47.4 Å². The highest BCUT2D eigenvalue weighted by Gasteiger charge is 2.34. The molecule has 0 N–H and O–H groups in total. The number of nitrogens with zero attached hydrogens (tertiary/aromatic N) is 3. The molecule has 0 saturated carbocycles. The van der Waals surface area contributed by atoms with Gasteiger partial charge in [-0.2, -0.15) is 0 Å². The molecular formula is C26H25N3O2. The van der Waals surface area contributed by atoms with Gasteiger partial charge in [0.05, 0.1) is 18.1 Å². The molecule has 156 valence electrons. The summed E-state index contributed by atoms with van der Waals surface area (Å²) in [7, 11) is 1.68. The van der Waals surface area contributed by atoms with Gasteiger partial charge in [0.25, 0.3) is 0 Å². The van der Waals surface area contributed by atoms with Crippen molar-refractivity contribution in [3.8, 4) is 5.75 Å². The number of imidazole rings is 1. The molecule has 5 nitrogen and oxygen atoms in total. The van der Waals surface area contributed by atoms with Crippen LogP contribution in [0.4, 0.5) is 0 Å². The smallest absolute Gasteiger partial charge is 0.223 e. The molecule has 1 amide bonds. The van der Waals surface area contributed by atoms with E-state index in [-0.39, 0.29) is 11.8 Å². The van der Waals surface area contributed by atoms with Crippen LogP contribution >= 0.6 is 0 Å². The fourth-order valence-electron chi connectivity index (χ4n) is 4.39. The summed E-state index contributed by atoms with van der Waals surface area (Å²) in [5.74, 6) is 2.11. The molecule has 3 aromatic carbocycles. The molecule has 31 heavy (non-hydrogen) atoms. The van der Waals surface area contributed by atoms with Gasteiger partial charge in [-0.05, 0) is 35.4 Å². The van der Waals surface area contributed by atoms with Crippen LogP contribution in [-0.2, 0) is 17.9 Å². The number of hydrogen-bond donors (Lipinski definition) is 0. The molecule has 1 aliphatic heterocycles. The molecule has 5 rings (SSSR count). The van der Waals surface area contributed by atoms with Crippen molar-refractivity contribution in [2.45, 2.75) is 25.4 Å². The predicted molar refractivity (Wildman–Crippen MR) is 121 cm³/mol. The number of hydrogen-bond acceptors (Lipinski definition) is 3. The fourth-order valence-corrected chi connectivity index (χ4v) is 4.39. The van der Waals surface area contributed by atoms with Crippen LogP contribution in [-0.4, -0.2) is 34.0 Å². The molecule has 2 heterocycles.